The first kappa shape index (κ1) is 11.3. The first-order chi connectivity index (χ1) is 6.79. The van der Waals surface area contributed by atoms with Gasteiger partial charge in [0.2, 0.25) is 0 Å². The molecule has 0 radical (unpaired) electrons. The first-order valence-corrected chi connectivity index (χ1v) is 5.25. The average Bonchev–Trinajstić information content (AvgIpc) is 2.26. The van der Waals surface area contributed by atoms with Crippen LogP contribution in [0.25, 0.3) is 0 Å². The summed E-state index contributed by atoms with van der Waals surface area (Å²) in [5, 5.41) is 8.45. The Bertz CT molecular complexity index is 186. The van der Waals surface area contributed by atoms with E-state index in [1.54, 1.807) is 5.01 Å². The Hall–Kier alpha value is -0.810. The molecule has 0 amide bonds. The van der Waals surface area contributed by atoms with Gasteiger partial charge in [0.1, 0.15) is 0 Å². The maximum absolute atomic E-state index is 5.97. The van der Waals surface area contributed by atoms with E-state index >= 15 is 0 Å². The third-order valence-corrected chi connectivity index (χ3v) is 2.75. The van der Waals surface area contributed by atoms with Gasteiger partial charge in [-0.1, -0.05) is 19.3 Å². The van der Waals surface area contributed by atoms with E-state index in [1.807, 2.05) is 7.05 Å². The molecule has 0 aromatic carbocycles. The first-order valence-electron chi connectivity index (χ1n) is 5.25. The fourth-order valence-corrected chi connectivity index (χ4v) is 1.93. The van der Waals surface area contributed by atoms with Gasteiger partial charge in [0, 0.05) is 6.04 Å². The molecule has 5 N–H and O–H groups in total. The summed E-state index contributed by atoms with van der Waals surface area (Å²) in [5.74, 6) is 12.0. The zero-order chi connectivity index (χ0) is 10.4. The van der Waals surface area contributed by atoms with Crippen LogP contribution in [0.15, 0.2) is 5.10 Å². The van der Waals surface area contributed by atoms with Crippen molar-refractivity contribution in [2.24, 2.45) is 16.8 Å². The summed E-state index contributed by atoms with van der Waals surface area (Å²) >= 11 is 0. The van der Waals surface area contributed by atoms with E-state index in [0.717, 1.165) is 18.7 Å². The van der Waals surface area contributed by atoms with Crippen LogP contribution >= 0.6 is 0 Å². The van der Waals surface area contributed by atoms with E-state index < -0.39 is 0 Å². The molecule has 1 fully saturated rings. The van der Waals surface area contributed by atoms with E-state index in [9.17, 15) is 0 Å². The van der Waals surface area contributed by atoms with Crippen molar-refractivity contribution >= 4 is 5.84 Å². The minimum absolute atomic E-state index is 0.416. The van der Waals surface area contributed by atoms with Gasteiger partial charge < -0.3 is 11.2 Å². The lowest BCUT2D eigenvalue weighted by Gasteiger charge is -2.32. The van der Waals surface area contributed by atoms with Crippen LogP contribution in [0.4, 0.5) is 0 Å². The molecule has 1 saturated carbocycles. The number of hydrogen-bond donors (Lipinski definition) is 3. The highest BCUT2D eigenvalue weighted by atomic mass is 15.5. The Labute approximate surface area is 85.5 Å². The van der Waals surface area contributed by atoms with Crippen molar-refractivity contribution in [3.8, 4) is 0 Å². The predicted octanol–water partition coefficient (Wildman–Crippen LogP) is -0.0136. The molecule has 5 heteroatoms. The second kappa shape index (κ2) is 5.82. The number of hydrazine groups is 1. The van der Waals surface area contributed by atoms with Crippen molar-refractivity contribution in [3.63, 3.8) is 0 Å². The molecule has 0 saturated heterocycles. The lowest BCUT2D eigenvalue weighted by molar-refractivity contribution is 0.244. The van der Waals surface area contributed by atoms with Gasteiger partial charge in [-0.05, 0) is 19.9 Å². The van der Waals surface area contributed by atoms with Gasteiger partial charge in [0.25, 0.3) is 0 Å². The molecule has 0 heterocycles. The number of amidine groups is 1. The van der Waals surface area contributed by atoms with Gasteiger partial charge in [-0.2, -0.15) is 5.10 Å². The fraction of sp³-hybridized carbons (Fsp3) is 0.889. The maximum Gasteiger partial charge on any atom is 0.152 e. The minimum Gasteiger partial charge on any atom is -0.321 e. The Morgan fingerprint density at radius 1 is 1.43 bits per heavy atom. The van der Waals surface area contributed by atoms with Crippen LogP contribution in [0.2, 0.25) is 0 Å². The van der Waals surface area contributed by atoms with Crippen LogP contribution in [-0.4, -0.2) is 30.5 Å². The van der Waals surface area contributed by atoms with Gasteiger partial charge in [-0.15, -0.1) is 0 Å². The van der Waals surface area contributed by atoms with Crippen molar-refractivity contribution in [2.45, 2.75) is 38.1 Å². The van der Waals surface area contributed by atoms with Crippen LogP contribution in [0, 0.1) is 0 Å². The third-order valence-electron chi connectivity index (χ3n) is 2.75. The molecule has 1 rings (SSSR count). The molecule has 0 spiro atoms. The number of rotatable bonds is 3. The van der Waals surface area contributed by atoms with E-state index in [4.69, 9.17) is 11.7 Å². The number of nitrogens with zero attached hydrogens (tertiary/aromatic N) is 2. The zero-order valence-corrected chi connectivity index (χ0v) is 8.87. The number of hydrazone groups is 1. The molecule has 0 aliphatic heterocycles. The Morgan fingerprint density at radius 2 is 2.07 bits per heavy atom. The van der Waals surface area contributed by atoms with E-state index in [2.05, 4.69) is 10.4 Å². The van der Waals surface area contributed by atoms with Gasteiger partial charge in [0.15, 0.2) is 5.84 Å². The topological polar surface area (TPSA) is 79.7 Å². The third kappa shape index (κ3) is 2.85. The molecule has 0 aromatic rings. The van der Waals surface area contributed by atoms with Gasteiger partial charge in [-0.3, -0.25) is 5.01 Å². The molecule has 0 bridgehead atoms. The summed E-state index contributed by atoms with van der Waals surface area (Å²) in [6, 6.07) is 0.416. The smallest absolute Gasteiger partial charge is 0.152 e. The molecule has 1 aliphatic carbocycles. The average molecular weight is 199 g/mol. The van der Waals surface area contributed by atoms with Crippen molar-refractivity contribution in [3.05, 3.63) is 0 Å². The molecule has 82 valence electrons. The second-order valence-corrected chi connectivity index (χ2v) is 3.77. The zero-order valence-electron chi connectivity index (χ0n) is 8.87. The highest BCUT2D eigenvalue weighted by Gasteiger charge is 2.20. The van der Waals surface area contributed by atoms with Crippen molar-refractivity contribution in [1.82, 2.24) is 10.3 Å². The van der Waals surface area contributed by atoms with Crippen LogP contribution in [-0.2, 0) is 0 Å². The molecule has 0 unspecified atom stereocenters. The highest BCUT2D eigenvalue weighted by molar-refractivity contribution is 5.83. The summed E-state index contributed by atoms with van der Waals surface area (Å²) < 4.78 is 0. The second-order valence-electron chi connectivity index (χ2n) is 3.77. The lowest BCUT2D eigenvalue weighted by Crippen LogP contribution is -2.49. The fourth-order valence-electron chi connectivity index (χ4n) is 1.93. The molecule has 5 nitrogen and oxygen atoms in total. The van der Waals surface area contributed by atoms with Crippen molar-refractivity contribution in [1.29, 1.82) is 0 Å². The number of likely N-dealkylation sites (N-methyl/N-ethyl adjacent to an activating group) is 1. The summed E-state index contributed by atoms with van der Waals surface area (Å²) in [6.45, 7) is 0.628. The summed E-state index contributed by atoms with van der Waals surface area (Å²) in [6.07, 6.45) is 6.15. The maximum atomic E-state index is 5.97. The standard InChI is InChI=1S/C9H21N5/c1-12-7-9(13-10)14(11)8-5-3-2-4-6-8/h8,12H,2-7,10-11H2,1H3/b13-9-. The molecule has 0 atom stereocenters. The van der Waals surface area contributed by atoms with Crippen LogP contribution in [0.3, 0.4) is 0 Å². The quantitative estimate of drug-likeness (QED) is 0.258. The van der Waals surface area contributed by atoms with Crippen molar-refractivity contribution < 1.29 is 0 Å². The van der Waals surface area contributed by atoms with E-state index in [-0.39, 0.29) is 0 Å². The molecule has 1 aliphatic rings. The normalized spacial score (nSPS) is 19.7. The van der Waals surface area contributed by atoms with Crippen LogP contribution in [0.1, 0.15) is 32.1 Å². The van der Waals surface area contributed by atoms with Crippen LogP contribution < -0.4 is 17.0 Å². The number of nitrogens with two attached hydrogens (primary N) is 2. The molecule has 0 aromatic heterocycles. The van der Waals surface area contributed by atoms with Gasteiger partial charge in [0.05, 0.1) is 6.54 Å². The Balaban J connectivity index is 2.48. The Kier molecular flexibility index (Phi) is 4.69. The highest BCUT2D eigenvalue weighted by Crippen LogP contribution is 2.20. The predicted molar refractivity (Wildman–Crippen MR) is 58.4 cm³/mol. The van der Waals surface area contributed by atoms with Gasteiger partial charge >= 0.3 is 0 Å². The number of nitrogens with one attached hydrogen (secondary N) is 1. The van der Waals surface area contributed by atoms with Gasteiger partial charge in [-0.25, -0.2) is 5.84 Å². The minimum atomic E-state index is 0.416. The van der Waals surface area contributed by atoms with E-state index in [1.165, 1.54) is 19.3 Å². The van der Waals surface area contributed by atoms with Crippen molar-refractivity contribution in [2.75, 3.05) is 13.6 Å². The largest absolute Gasteiger partial charge is 0.321 e. The monoisotopic (exact) mass is 199 g/mol. The molecule has 14 heavy (non-hydrogen) atoms. The van der Waals surface area contributed by atoms with Crippen LogP contribution in [0.5, 0.6) is 0 Å². The summed E-state index contributed by atoms with van der Waals surface area (Å²) in [4.78, 5) is 0. The summed E-state index contributed by atoms with van der Waals surface area (Å²) in [5.41, 5.74) is 0. The number of hydrogen-bond acceptors (Lipinski definition) is 4. The summed E-state index contributed by atoms with van der Waals surface area (Å²) in [7, 11) is 1.86. The Morgan fingerprint density at radius 3 is 2.57 bits per heavy atom. The SMILES string of the molecule is CNC/C(=N/N)N(N)C1CCCCC1. The molecular formula is C9H21N5. The molecular weight excluding hydrogens is 178 g/mol. The lowest BCUT2D eigenvalue weighted by atomic mass is 9.95. The van der Waals surface area contributed by atoms with E-state index in [0.29, 0.717) is 12.6 Å².